The lowest BCUT2D eigenvalue weighted by Gasteiger charge is -2.14. The highest BCUT2D eigenvalue weighted by molar-refractivity contribution is 9.10. The fraction of sp³-hybridized carbons (Fsp3) is 0.0769. The summed E-state index contributed by atoms with van der Waals surface area (Å²) in [7, 11) is 0. The van der Waals surface area contributed by atoms with Gasteiger partial charge in [-0.1, -0.05) is 23.7 Å². The summed E-state index contributed by atoms with van der Waals surface area (Å²) in [5.74, 6) is -0.395. The lowest BCUT2D eigenvalue weighted by molar-refractivity contribution is 0.622. The topological polar surface area (TPSA) is 38.0 Å². The molecule has 0 aliphatic rings. The smallest absolute Gasteiger partial charge is 0.139 e. The van der Waals surface area contributed by atoms with Crippen molar-refractivity contribution in [2.45, 2.75) is 6.92 Å². The first kappa shape index (κ1) is 13.2. The number of benzene rings is 2. The van der Waals surface area contributed by atoms with E-state index in [1.165, 1.54) is 6.07 Å². The highest BCUT2D eigenvalue weighted by Crippen LogP contribution is 2.33. The standard InChI is InChI=1S/C13H11BrClFN2/c1-7-3-2-4-9(15)13(7)18-12-5-8(14)10(16)6-11(12)17/h2-6,18H,17H2,1H3. The first-order valence-corrected chi connectivity index (χ1v) is 6.43. The maximum atomic E-state index is 13.3. The molecule has 0 unspecified atom stereocenters. The van der Waals surface area contributed by atoms with Crippen LogP contribution >= 0.6 is 27.5 Å². The average molecular weight is 330 g/mol. The summed E-state index contributed by atoms with van der Waals surface area (Å²) in [5.41, 5.74) is 8.47. The van der Waals surface area contributed by atoms with Crippen molar-refractivity contribution in [1.29, 1.82) is 0 Å². The molecule has 0 atom stereocenters. The van der Waals surface area contributed by atoms with E-state index in [1.807, 2.05) is 19.1 Å². The zero-order valence-electron chi connectivity index (χ0n) is 9.60. The number of nitrogens with one attached hydrogen (secondary N) is 1. The van der Waals surface area contributed by atoms with Crippen LogP contribution in [0.15, 0.2) is 34.8 Å². The van der Waals surface area contributed by atoms with E-state index < -0.39 is 5.82 Å². The Morgan fingerprint density at radius 3 is 2.72 bits per heavy atom. The van der Waals surface area contributed by atoms with E-state index in [4.69, 9.17) is 17.3 Å². The van der Waals surface area contributed by atoms with E-state index >= 15 is 0 Å². The summed E-state index contributed by atoms with van der Waals surface area (Å²) in [6.45, 7) is 1.93. The van der Waals surface area contributed by atoms with Crippen molar-refractivity contribution >= 4 is 44.6 Å². The molecule has 2 aromatic rings. The molecule has 0 amide bonds. The summed E-state index contributed by atoms with van der Waals surface area (Å²) in [4.78, 5) is 0. The minimum absolute atomic E-state index is 0.329. The molecule has 0 aromatic heterocycles. The maximum Gasteiger partial charge on any atom is 0.139 e. The molecule has 2 nitrogen and oxygen atoms in total. The molecule has 0 saturated heterocycles. The van der Waals surface area contributed by atoms with Crippen LogP contribution < -0.4 is 11.1 Å². The lowest BCUT2D eigenvalue weighted by Crippen LogP contribution is -1.99. The molecular weight excluding hydrogens is 319 g/mol. The van der Waals surface area contributed by atoms with Crippen LogP contribution in [0.3, 0.4) is 0 Å². The number of nitrogen functional groups attached to an aromatic ring is 1. The average Bonchev–Trinajstić information content (AvgIpc) is 2.30. The molecule has 0 spiro atoms. The zero-order chi connectivity index (χ0) is 13.3. The van der Waals surface area contributed by atoms with Crippen molar-refractivity contribution in [1.82, 2.24) is 0 Å². The van der Waals surface area contributed by atoms with E-state index in [0.29, 0.717) is 20.9 Å². The summed E-state index contributed by atoms with van der Waals surface area (Å²) in [5, 5.41) is 3.72. The Morgan fingerprint density at radius 2 is 2.06 bits per heavy atom. The number of halogens is 3. The predicted molar refractivity (Wildman–Crippen MR) is 78.0 cm³/mol. The first-order valence-electron chi connectivity index (χ1n) is 5.25. The number of aryl methyl sites for hydroxylation is 1. The fourth-order valence-corrected chi connectivity index (χ4v) is 2.21. The van der Waals surface area contributed by atoms with E-state index in [2.05, 4.69) is 21.2 Å². The molecule has 5 heteroatoms. The molecule has 0 aliphatic carbocycles. The highest BCUT2D eigenvalue weighted by atomic mass is 79.9. The second kappa shape index (κ2) is 5.16. The minimum Gasteiger partial charge on any atom is -0.397 e. The van der Waals surface area contributed by atoms with E-state index in [0.717, 1.165) is 11.3 Å². The van der Waals surface area contributed by atoms with Gasteiger partial charge in [-0.3, -0.25) is 0 Å². The Kier molecular flexibility index (Phi) is 3.78. The van der Waals surface area contributed by atoms with E-state index in [1.54, 1.807) is 12.1 Å². The van der Waals surface area contributed by atoms with Crippen LogP contribution in [0.1, 0.15) is 5.56 Å². The van der Waals surface area contributed by atoms with Crippen LogP contribution in [0.2, 0.25) is 5.02 Å². The molecule has 0 aliphatic heterocycles. The van der Waals surface area contributed by atoms with Gasteiger partial charge in [0.2, 0.25) is 0 Å². The summed E-state index contributed by atoms with van der Waals surface area (Å²) in [6.07, 6.45) is 0. The Bertz CT molecular complexity index is 582. The normalized spacial score (nSPS) is 10.4. The maximum absolute atomic E-state index is 13.3. The monoisotopic (exact) mass is 328 g/mol. The summed E-state index contributed by atoms with van der Waals surface area (Å²) in [6, 6.07) is 8.44. The number of para-hydroxylation sites is 1. The Balaban J connectivity index is 2.43. The van der Waals surface area contributed by atoms with Gasteiger partial charge in [0, 0.05) is 6.07 Å². The Labute approximate surface area is 118 Å². The van der Waals surface area contributed by atoms with Crippen molar-refractivity contribution in [3.05, 3.63) is 51.2 Å². The first-order chi connectivity index (χ1) is 8.49. The second-order valence-corrected chi connectivity index (χ2v) is 5.17. The van der Waals surface area contributed by atoms with Gasteiger partial charge in [0.05, 0.1) is 26.6 Å². The molecule has 18 heavy (non-hydrogen) atoms. The van der Waals surface area contributed by atoms with Crippen molar-refractivity contribution < 1.29 is 4.39 Å². The number of hydrogen-bond acceptors (Lipinski definition) is 2. The van der Waals surface area contributed by atoms with Gasteiger partial charge in [-0.15, -0.1) is 0 Å². The number of rotatable bonds is 2. The van der Waals surface area contributed by atoms with Gasteiger partial charge in [-0.25, -0.2) is 4.39 Å². The third-order valence-electron chi connectivity index (χ3n) is 2.57. The second-order valence-electron chi connectivity index (χ2n) is 3.91. The summed E-state index contributed by atoms with van der Waals surface area (Å²) >= 11 is 9.24. The van der Waals surface area contributed by atoms with E-state index in [-0.39, 0.29) is 0 Å². The SMILES string of the molecule is Cc1cccc(Cl)c1Nc1cc(Br)c(F)cc1N. The third-order valence-corrected chi connectivity index (χ3v) is 3.50. The van der Waals surface area contributed by atoms with Crippen molar-refractivity contribution in [3.8, 4) is 0 Å². The molecule has 2 aromatic carbocycles. The van der Waals surface area contributed by atoms with Crippen LogP contribution in [0.4, 0.5) is 21.5 Å². The fourth-order valence-electron chi connectivity index (χ4n) is 1.60. The molecule has 0 heterocycles. The van der Waals surface area contributed by atoms with Crippen LogP contribution in [-0.4, -0.2) is 0 Å². The zero-order valence-corrected chi connectivity index (χ0v) is 11.9. The van der Waals surface area contributed by atoms with Gasteiger partial charge in [0.1, 0.15) is 5.82 Å². The molecule has 2 rings (SSSR count). The van der Waals surface area contributed by atoms with Gasteiger partial charge in [0.25, 0.3) is 0 Å². The predicted octanol–water partition coefficient (Wildman–Crippen LogP) is 4.88. The lowest BCUT2D eigenvalue weighted by atomic mass is 10.2. The van der Waals surface area contributed by atoms with Gasteiger partial charge in [0.15, 0.2) is 0 Å². The molecule has 94 valence electrons. The minimum atomic E-state index is -0.395. The highest BCUT2D eigenvalue weighted by Gasteiger charge is 2.09. The van der Waals surface area contributed by atoms with Crippen molar-refractivity contribution in [3.63, 3.8) is 0 Å². The number of nitrogens with two attached hydrogens (primary N) is 1. The molecule has 0 saturated carbocycles. The number of hydrogen-bond donors (Lipinski definition) is 2. The van der Waals surface area contributed by atoms with Crippen LogP contribution in [0.25, 0.3) is 0 Å². The molecular formula is C13H11BrClFN2. The van der Waals surface area contributed by atoms with E-state index in [9.17, 15) is 4.39 Å². The van der Waals surface area contributed by atoms with Crippen molar-refractivity contribution in [2.24, 2.45) is 0 Å². The van der Waals surface area contributed by atoms with Gasteiger partial charge in [-0.05, 0) is 40.5 Å². The van der Waals surface area contributed by atoms with Crippen LogP contribution in [0.5, 0.6) is 0 Å². The third kappa shape index (κ3) is 2.60. The summed E-state index contributed by atoms with van der Waals surface area (Å²) < 4.78 is 13.6. The Morgan fingerprint density at radius 1 is 1.33 bits per heavy atom. The van der Waals surface area contributed by atoms with Crippen LogP contribution in [0, 0.1) is 12.7 Å². The van der Waals surface area contributed by atoms with Gasteiger partial charge >= 0.3 is 0 Å². The van der Waals surface area contributed by atoms with Crippen molar-refractivity contribution in [2.75, 3.05) is 11.1 Å². The molecule has 0 bridgehead atoms. The number of anilines is 3. The largest absolute Gasteiger partial charge is 0.397 e. The quantitative estimate of drug-likeness (QED) is 0.771. The van der Waals surface area contributed by atoms with Gasteiger partial charge < -0.3 is 11.1 Å². The van der Waals surface area contributed by atoms with Crippen LogP contribution in [-0.2, 0) is 0 Å². The Hall–Kier alpha value is -1.26. The van der Waals surface area contributed by atoms with Gasteiger partial charge in [-0.2, -0.15) is 0 Å². The molecule has 3 N–H and O–H groups in total. The molecule has 0 radical (unpaired) electrons. The molecule has 0 fully saturated rings.